The molecule has 114 valence electrons. The lowest BCUT2D eigenvalue weighted by atomic mass is 9.88. The minimum absolute atomic E-state index is 0.0362. The lowest BCUT2D eigenvalue weighted by molar-refractivity contribution is 0.00364. The monoisotopic (exact) mass is 283 g/mol. The van der Waals surface area contributed by atoms with Crippen LogP contribution in [0.1, 0.15) is 45.7 Å². The summed E-state index contributed by atoms with van der Waals surface area (Å²) >= 11 is 0. The van der Waals surface area contributed by atoms with Gasteiger partial charge in [0.15, 0.2) is 11.6 Å². The van der Waals surface area contributed by atoms with Crippen molar-refractivity contribution in [2.24, 2.45) is 5.92 Å². The molecule has 0 heterocycles. The normalized spacial score (nSPS) is 17.4. The van der Waals surface area contributed by atoms with E-state index in [2.05, 4.69) is 12.2 Å². The molecular weight excluding hydrogens is 257 g/mol. The van der Waals surface area contributed by atoms with Gasteiger partial charge >= 0.3 is 0 Å². The van der Waals surface area contributed by atoms with Gasteiger partial charge in [-0.05, 0) is 37.5 Å². The van der Waals surface area contributed by atoms with Gasteiger partial charge in [0.05, 0.1) is 12.7 Å². The highest BCUT2D eigenvalue weighted by Crippen LogP contribution is 2.23. The SMILES string of the molecule is CCC(C)C(C)(O)CNC(C)c1ccc(OC)c(F)c1. The molecule has 4 heteroatoms. The van der Waals surface area contributed by atoms with E-state index in [-0.39, 0.29) is 23.5 Å². The summed E-state index contributed by atoms with van der Waals surface area (Å²) in [4.78, 5) is 0. The Balaban J connectivity index is 2.67. The van der Waals surface area contributed by atoms with Crippen molar-refractivity contribution in [1.29, 1.82) is 0 Å². The fourth-order valence-electron chi connectivity index (χ4n) is 2.04. The van der Waals surface area contributed by atoms with Crippen LogP contribution in [-0.4, -0.2) is 24.4 Å². The number of nitrogens with one attached hydrogen (secondary N) is 1. The Kier molecular flexibility index (Phi) is 5.96. The van der Waals surface area contributed by atoms with Crippen LogP contribution in [-0.2, 0) is 0 Å². The summed E-state index contributed by atoms with van der Waals surface area (Å²) in [6.45, 7) is 8.33. The molecule has 0 bridgehead atoms. The summed E-state index contributed by atoms with van der Waals surface area (Å²) in [5, 5.41) is 13.6. The van der Waals surface area contributed by atoms with Crippen molar-refractivity contribution in [2.45, 2.75) is 45.8 Å². The first-order chi connectivity index (χ1) is 9.31. The van der Waals surface area contributed by atoms with Crippen molar-refractivity contribution in [2.75, 3.05) is 13.7 Å². The largest absolute Gasteiger partial charge is 0.494 e. The molecule has 0 aliphatic heterocycles. The van der Waals surface area contributed by atoms with Gasteiger partial charge in [0, 0.05) is 12.6 Å². The minimum atomic E-state index is -0.770. The maximum absolute atomic E-state index is 13.7. The van der Waals surface area contributed by atoms with Crippen molar-refractivity contribution in [3.63, 3.8) is 0 Å². The number of halogens is 1. The number of benzene rings is 1. The number of hydrogen-bond donors (Lipinski definition) is 2. The summed E-state index contributed by atoms with van der Waals surface area (Å²) in [5.41, 5.74) is 0.0665. The third kappa shape index (κ3) is 4.18. The van der Waals surface area contributed by atoms with E-state index < -0.39 is 5.60 Å². The van der Waals surface area contributed by atoms with Crippen molar-refractivity contribution in [1.82, 2.24) is 5.32 Å². The van der Waals surface area contributed by atoms with Crippen LogP contribution in [0.2, 0.25) is 0 Å². The van der Waals surface area contributed by atoms with Crippen molar-refractivity contribution >= 4 is 0 Å². The van der Waals surface area contributed by atoms with Crippen LogP contribution in [0.25, 0.3) is 0 Å². The highest BCUT2D eigenvalue weighted by molar-refractivity contribution is 5.30. The highest BCUT2D eigenvalue weighted by Gasteiger charge is 2.27. The Bertz CT molecular complexity index is 434. The summed E-state index contributed by atoms with van der Waals surface area (Å²) in [6, 6.07) is 4.88. The molecule has 1 rings (SSSR count). The molecule has 0 fully saturated rings. The van der Waals surface area contributed by atoms with E-state index in [1.54, 1.807) is 6.07 Å². The first-order valence-electron chi connectivity index (χ1n) is 7.11. The van der Waals surface area contributed by atoms with Crippen LogP contribution in [0.4, 0.5) is 4.39 Å². The van der Waals surface area contributed by atoms with E-state index in [1.807, 2.05) is 26.8 Å². The van der Waals surface area contributed by atoms with Crippen molar-refractivity contribution < 1.29 is 14.2 Å². The Hall–Kier alpha value is -1.13. The van der Waals surface area contributed by atoms with Gasteiger partial charge in [-0.2, -0.15) is 0 Å². The van der Waals surface area contributed by atoms with Crippen LogP contribution in [0.15, 0.2) is 18.2 Å². The molecule has 0 saturated heterocycles. The molecule has 0 saturated carbocycles. The molecular formula is C16H26FNO2. The van der Waals surface area contributed by atoms with Crippen LogP contribution in [0, 0.1) is 11.7 Å². The van der Waals surface area contributed by atoms with Gasteiger partial charge in [-0.25, -0.2) is 4.39 Å². The summed E-state index contributed by atoms with van der Waals surface area (Å²) in [5.74, 6) is 0.0784. The Morgan fingerprint density at radius 1 is 1.40 bits per heavy atom. The summed E-state index contributed by atoms with van der Waals surface area (Å²) < 4.78 is 18.6. The number of ether oxygens (including phenoxy) is 1. The number of aliphatic hydroxyl groups is 1. The second kappa shape index (κ2) is 7.04. The number of methoxy groups -OCH3 is 1. The fourth-order valence-corrected chi connectivity index (χ4v) is 2.04. The van der Waals surface area contributed by atoms with Gasteiger partial charge < -0.3 is 15.2 Å². The third-order valence-corrected chi connectivity index (χ3v) is 4.12. The van der Waals surface area contributed by atoms with Gasteiger partial charge in [0.2, 0.25) is 0 Å². The smallest absolute Gasteiger partial charge is 0.165 e. The molecule has 0 aliphatic rings. The van der Waals surface area contributed by atoms with E-state index in [1.165, 1.54) is 13.2 Å². The van der Waals surface area contributed by atoms with E-state index >= 15 is 0 Å². The zero-order valence-electron chi connectivity index (χ0n) is 13.0. The fraction of sp³-hybridized carbons (Fsp3) is 0.625. The molecule has 3 atom stereocenters. The Labute approximate surface area is 121 Å². The van der Waals surface area contributed by atoms with Crippen LogP contribution < -0.4 is 10.1 Å². The molecule has 0 spiro atoms. The molecule has 0 aromatic heterocycles. The third-order valence-electron chi connectivity index (χ3n) is 4.12. The van der Waals surface area contributed by atoms with Crippen molar-refractivity contribution in [3.05, 3.63) is 29.6 Å². The van der Waals surface area contributed by atoms with Crippen LogP contribution in [0.3, 0.4) is 0 Å². The maximum Gasteiger partial charge on any atom is 0.165 e. The molecule has 1 aromatic rings. The average molecular weight is 283 g/mol. The minimum Gasteiger partial charge on any atom is -0.494 e. The van der Waals surface area contributed by atoms with E-state index in [0.717, 1.165) is 12.0 Å². The molecule has 0 radical (unpaired) electrons. The van der Waals surface area contributed by atoms with Gasteiger partial charge in [0.1, 0.15) is 0 Å². The summed E-state index contributed by atoms with van der Waals surface area (Å²) in [6.07, 6.45) is 0.917. The van der Waals surface area contributed by atoms with Gasteiger partial charge in [-0.15, -0.1) is 0 Å². The van der Waals surface area contributed by atoms with Gasteiger partial charge in [0.25, 0.3) is 0 Å². The van der Waals surface area contributed by atoms with E-state index in [0.29, 0.717) is 6.54 Å². The molecule has 3 nitrogen and oxygen atoms in total. The summed E-state index contributed by atoms with van der Waals surface area (Å²) in [7, 11) is 1.45. The predicted molar refractivity (Wildman–Crippen MR) is 79.4 cm³/mol. The first-order valence-corrected chi connectivity index (χ1v) is 7.11. The van der Waals surface area contributed by atoms with Gasteiger partial charge in [-0.1, -0.05) is 26.3 Å². The molecule has 1 aromatic carbocycles. The van der Waals surface area contributed by atoms with Crippen molar-refractivity contribution in [3.8, 4) is 5.75 Å². The van der Waals surface area contributed by atoms with E-state index in [9.17, 15) is 9.50 Å². The second-order valence-corrected chi connectivity index (χ2v) is 5.66. The topological polar surface area (TPSA) is 41.5 Å². The number of hydrogen-bond acceptors (Lipinski definition) is 3. The van der Waals surface area contributed by atoms with E-state index in [4.69, 9.17) is 4.74 Å². The average Bonchev–Trinajstić information content (AvgIpc) is 2.43. The van der Waals surface area contributed by atoms with Crippen LogP contribution >= 0.6 is 0 Å². The quantitative estimate of drug-likeness (QED) is 0.807. The molecule has 2 N–H and O–H groups in total. The Morgan fingerprint density at radius 3 is 2.55 bits per heavy atom. The second-order valence-electron chi connectivity index (χ2n) is 5.66. The zero-order chi connectivity index (χ0) is 15.3. The standard InChI is InChI=1S/C16H26FNO2/c1-6-11(2)16(4,19)10-18-12(3)13-7-8-15(20-5)14(17)9-13/h7-9,11-12,18-19H,6,10H2,1-5H3. The highest BCUT2D eigenvalue weighted by atomic mass is 19.1. The maximum atomic E-state index is 13.7. The predicted octanol–water partition coefficient (Wildman–Crippen LogP) is 3.28. The lowest BCUT2D eigenvalue weighted by Crippen LogP contribution is -2.43. The number of rotatable bonds is 7. The first kappa shape index (κ1) is 16.9. The molecule has 3 unspecified atom stereocenters. The lowest BCUT2D eigenvalue weighted by Gasteiger charge is -2.31. The molecule has 20 heavy (non-hydrogen) atoms. The Morgan fingerprint density at radius 2 is 2.05 bits per heavy atom. The van der Waals surface area contributed by atoms with Crippen LogP contribution in [0.5, 0.6) is 5.75 Å². The molecule has 0 aliphatic carbocycles. The molecule has 0 amide bonds. The van der Waals surface area contributed by atoms with Gasteiger partial charge in [-0.3, -0.25) is 0 Å². The zero-order valence-corrected chi connectivity index (χ0v) is 13.0.